The summed E-state index contributed by atoms with van der Waals surface area (Å²) in [6.07, 6.45) is 5.55. The summed E-state index contributed by atoms with van der Waals surface area (Å²) in [4.78, 5) is 14.5. The van der Waals surface area contributed by atoms with Crippen molar-refractivity contribution in [1.29, 1.82) is 0 Å². The van der Waals surface area contributed by atoms with Gasteiger partial charge < -0.3 is 15.8 Å². The molecule has 1 aromatic heterocycles. The fourth-order valence-corrected chi connectivity index (χ4v) is 4.23. The molecule has 2 atom stereocenters. The van der Waals surface area contributed by atoms with Gasteiger partial charge in [-0.05, 0) is 36.9 Å². The minimum absolute atomic E-state index is 0. The molecule has 0 bridgehead atoms. The Morgan fingerprint density at radius 2 is 2.24 bits per heavy atom. The van der Waals surface area contributed by atoms with E-state index in [2.05, 4.69) is 5.32 Å². The van der Waals surface area contributed by atoms with Gasteiger partial charge in [0.05, 0.1) is 18.1 Å². The molecular weight excluding hydrogens is 308 g/mol. The van der Waals surface area contributed by atoms with Crippen LogP contribution in [0.5, 0.6) is 0 Å². The summed E-state index contributed by atoms with van der Waals surface area (Å²) in [5, 5.41) is 3.20. The first kappa shape index (κ1) is 16.7. The van der Waals surface area contributed by atoms with Crippen LogP contribution >= 0.6 is 23.7 Å². The molecule has 1 amide bonds. The Hall–Kier alpha value is -0.620. The van der Waals surface area contributed by atoms with Crippen molar-refractivity contribution in [3.8, 4) is 0 Å². The van der Waals surface area contributed by atoms with Crippen molar-refractivity contribution in [2.24, 2.45) is 11.7 Å². The van der Waals surface area contributed by atoms with Crippen molar-refractivity contribution in [2.45, 2.75) is 44.8 Å². The average molecular weight is 331 g/mol. The van der Waals surface area contributed by atoms with Crippen LogP contribution in [-0.2, 0) is 17.8 Å². The summed E-state index contributed by atoms with van der Waals surface area (Å²) in [5.74, 6) is 0.500. The molecule has 118 valence electrons. The number of nitrogens with one attached hydrogen (secondary N) is 1. The molecule has 3 N–H and O–H groups in total. The highest BCUT2D eigenvalue weighted by atomic mass is 35.5. The van der Waals surface area contributed by atoms with Gasteiger partial charge in [0.15, 0.2) is 0 Å². The van der Waals surface area contributed by atoms with Gasteiger partial charge in [0.2, 0.25) is 0 Å². The van der Waals surface area contributed by atoms with Crippen LogP contribution in [0.15, 0.2) is 6.07 Å². The first-order valence-electron chi connectivity index (χ1n) is 7.48. The van der Waals surface area contributed by atoms with Gasteiger partial charge >= 0.3 is 0 Å². The molecule has 2 heterocycles. The van der Waals surface area contributed by atoms with Gasteiger partial charge in [0, 0.05) is 17.3 Å². The van der Waals surface area contributed by atoms with Gasteiger partial charge in [0.1, 0.15) is 0 Å². The topological polar surface area (TPSA) is 64.3 Å². The second-order valence-electron chi connectivity index (χ2n) is 5.72. The smallest absolute Gasteiger partial charge is 0.261 e. The number of halogens is 1. The van der Waals surface area contributed by atoms with Crippen LogP contribution in [0.1, 0.15) is 45.8 Å². The summed E-state index contributed by atoms with van der Waals surface area (Å²) in [5.41, 5.74) is 7.01. The van der Waals surface area contributed by atoms with E-state index in [0.717, 1.165) is 30.7 Å². The number of ether oxygens (including phenoxy) is 1. The molecule has 21 heavy (non-hydrogen) atoms. The Balaban J connectivity index is 0.00000161. The maximum absolute atomic E-state index is 12.4. The third-order valence-electron chi connectivity index (χ3n) is 4.38. The number of carbonyl (C=O) groups excluding carboxylic acids is 1. The average Bonchev–Trinajstić information content (AvgIpc) is 2.92. The van der Waals surface area contributed by atoms with Crippen LogP contribution in [0.2, 0.25) is 0 Å². The normalized spacial score (nSPS) is 24.8. The molecule has 0 saturated heterocycles. The van der Waals surface area contributed by atoms with Crippen molar-refractivity contribution in [3.63, 3.8) is 0 Å². The molecule has 1 fully saturated rings. The van der Waals surface area contributed by atoms with Gasteiger partial charge in [-0.2, -0.15) is 0 Å². The van der Waals surface area contributed by atoms with Crippen LogP contribution < -0.4 is 11.1 Å². The third kappa shape index (κ3) is 3.77. The molecule has 1 aromatic rings. The molecule has 6 heteroatoms. The lowest BCUT2D eigenvalue weighted by Crippen LogP contribution is -2.44. The second kappa shape index (κ2) is 7.58. The monoisotopic (exact) mass is 330 g/mol. The number of amides is 1. The molecule has 0 aromatic carbocycles. The van der Waals surface area contributed by atoms with Crippen LogP contribution in [0, 0.1) is 5.92 Å². The predicted molar refractivity (Wildman–Crippen MR) is 87.2 cm³/mol. The van der Waals surface area contributed by atoms with Gasteiger partial charge in [0.25, 0.3) is 5.91 Å². The Morgan fingerprint density at radius 1 is 1.43 bits per heavy atom. The zero-order valence-electron chi connectivity index (χ0n) is 12.1. The van der Waals surface area contributed by atoms with Gasteiger partial charge in [-0.3, -0.25) is 4.79 Å². The molecule has 1 saturated carbocycles. The second-order valence-corrected chi connectivity index (χ2v) is 6.86. The highest BCUT2D eigenvalue weighted by Gasteiger charge is 2.26. The van der Waals surface area contributed by atoms with Crippen molar-refractivity contribution >= 4 is 29.7 Å². The van der Waals surface area contributed by atoms with E-state index < -0.39 is 0 Å². The third-order valence-corrected chi connectivity index (χ3v) is 5.62. The number of nitrogens with two attached hydrogens (primary N) is 1. The SMILES string of the molecule is Cl.NCC1CCCCC1NC(=O)c1cc2c(s1)CCOC2. The quantitative estimate of drug-likeness (QED) is 0.895. The van der Waals surface area contributed by atoms with Crippen molar-refractivity contribution in [3.05, 3.63) is 21.4 Å². The maximum Gasteiger partial charge on any atom is 0.261 e. The molecule has 0 spiro atoms. The van der Waals surface area contributed by atoms with Crippen LogP contribution in [0.25, 0.3) is 0 Å². The molecular formula is C15H23ClN2O2S. The number of hydrogen-bond donors (Lipinski definition) is 2. The highest BCUT2D eigenvalue weighted by molar-refractivity contribution is 7.14. The summed E-state index contributed by atoms with van der Waals surface area (Å²) >= 11 is 1.62. The standard InChI is InChI=1S/C15H22N2O2S.ClH/c16-8-10-3-1-2-4-12(10)17-15(18)14-7-11-9-19-6-5-13(11)20-14;/h7,10,12H,1-6,8-9,16H2,(H,17,18);1H. The van der Waals surface area contributed by atoms with Crippen molar-refractivity contribution in [1.82, 2.24) is 5.32 Å². The molecule has 0 radical (unpaired) electrons. The van der Waals surface area contributed by atoms with Gasteiger partial charge in [-0.15, -0.1) is 23.7 Å². The lowest BCUT2D eigenvalue weighted by Gasteiger charge is -2.31. The molecule has 1 aliphatic carbocycles. The maximum atomic E-state index is 12.4. The summed E-state index contributed by atoms with van der Waals surface area (Å²) in [6.45, 7) is 2.08. The zero-order valence-corrected chi connectivity index (χ0v) is 13.7. The number of hydrogen-bond acceptors (Lipinski definition) is 4. The van der Waals surface area contributed by atoms with E-state index in [0.29, 0.717) is 19.1 Å². The minimum atomic E-state index is 0. The van der Waals surface area contributed by atoms with E-state index in [4.69, 9.17) is 10.5 Å². The molecule has 2 aliphatic rings. The Morgan fingerprint density at radius 3 is 3.00 bits per heavy atom. The summed E-state index contributed by atoms with van der Waals surface area (Å²) in [6, 6.07) is 2.24. The van der Waals surface area contributed by atoms with Crippen LogP contribution in [0.3, 0.4) is 0 Å². The van der Waals surface area contributed by atoms with E-state index in [-0.39, 0.29) is 24.4 Å². The Kier molecular flexibility index (Phi) is 6.05. The van der Waals surface area contributed by atoms with Crippen molar-refractivity contribution < 1.29 is 9.53 Å². The minimum Gasteiger partial charge on any atom is -0.376 e. The zero-order chi connectivity index (χ0) is 13.9. The van der Waals surface area contributed by atoms with Crippen LogP contribution in [0.4, 0.5) is 0 Å². The fourth-order valence-electron chi connectivity index (χ4n) is 3.18. The van der Waals surface area contributed by atoms with Gasteiger partial charge in [-0.25, -0.2) is 0 Å². The largest absolute Gasteiger partial charge is 0.376 e. The van der Waals surface area contributed by atoms with E-state index in [1.54, 1.807) is 11.3 Å². The van der Waals surface area contributed by atoms with E-state index >= 15 is 0 Å². The lowest BCUT2D eigenvalue weighted by molar-refractivity contribution is 0.0912. The fraction of sp³-hybridized carbons (Fsp3) is 0.667. The summed E-state index contributed by atoms with van der Waals surface area (Å²) < 4.78 is 5.43. The number of rotatable bonds is 3. The predicted octanol–water partition coefficient (Wildman–Crippen LogP) is 2.49. The first-order chi connectivity index (χ1) is 9.78. The molecule has 4 nitrogen and oxygen atoms in total. The number of carbonyl (C=O) groups is 1. The molecule has 1 aliphatic heterocycles. The number of fused-ring (bicyclic) bond motifs is 1. The Labute approximate surface area is 135 Å². The lowest BCUT2D eigenvalue weighted by atomic mass is 9.84. The first-order valence-corrected chi connectivity index (χ1v) is 8.30. The van der Waals surface area contributed by atoms with Crippen LogP contribution in [-0.4, -0.2) is 25.1 Å². The van der Waals surface area contributed by atoms with E-state index in [9.17, 15) is 4.79 Å². The highest BCUT2D eigenvalue weighted by Crippen LogP contribution is 2.28. The molecule has 3 rings (SSSR count). The Bertz CT molecular complexity index is 469. The number of thiophene rings is 1. The van der Waals surface area contributed by atoms with Crippen molar-refractivity contribution in [2.75, 3.05) is 13.2 Å². The van der Waals surface area contributed by atoms with E-state index in [1.807, 2.05) is 6.07 Å². The van der Waals surface area contributed by atoms with Gasteiger partial charge in [-0.1, -0.05) is 12.8 Å². The summed E-state index contributed by atoms with van der Waals surface area (Å²) in [7, 11) is 0. The van der Waals surface area contributed by atoms with E-state index in [1.165, 1.54) is 23.3 Å². The molecule has 2 unspecified atom stereocenters.